The first-order valence-electron chi connectivity index (χ1n) is 7.66. The molecule has 0 heterocycles. The maximum atomic E-state index is 12.1. The first-order valence-corrected chi connectivity index (χ1v) is 7.66. The number of aliphatic hydroxyl groups is 2. The fourth-order valence-corrected chi connectivity index (χ4v) is 2.10. The van der Waals surface area contributed by atoms with E-state index in [2.05, 4.69) is 6.58 Å². The van der Waals surface area contributed by atoms with E-state index in [0.29, 0.717) is 12.1 Å². The van der Waals surface area contributed by atoms with Crippen LogP contribution in [0.1, 0.15) is 27.7 Å². The molecule has 8 heteroatoms. The number of carbonyl (C=O) groups excluding carboxylic acids is 2. The van der Waals surface area contributed by atoms with Gasteiger partial charge in [-0.25, -0.2) is 9.59 Å². The quantitative estimate of drug-likeness (QED) is 0.230. The molecule has 24 heavy (non-hydrogen) atoms. The van der Waals surface area contributed by atoms with Gasteiger partial charge in [0.15, 0.2) is 6.54 Å². The molecular formula is C16H30BrNO6. The van der Waals surface area contributed by atoms with Gasteiger partial charge in [0, 0.05) is 5.57 Å². The Hall–Kier alpha value is -0.960. The average molecular weight is 412 g/mol. The highest BCUT2D eigenvalue weighted by Crippen LogP contribution is 2.12. The molecule has 0 spiro atoms. The number of halogens is 1. The summed E-state index contributed by atoms with van der Waals surface area (Å²) in [5, 5.41) is 18.6. The van der Waals surface area contributed by atoms with E-state index in [1.165, 1.54) is 0 Å². The average Bonchev–Trinajstić information content (AvgIpc) is 2.36. The molecule has 0 fully saturated rings. The number of hydrogen-bond acceptors (Lipinski definition) is 6. The molecule has 0 radical (unpaired) electrons. The van der Waals surface area contributed by atoms with Crippen LogP contribution in [0.4, 0.5) is 0 Å². The van der Waals surface area contributed by atoms with Crippen molar-refractivity contribution in [3.05, 3.63) is 12.2 Å². The summed E-state index contributed by atoms with van der Waals surface area (Å²) in [7, 11) is 0. The Morgan fingerprint density at radius 2 is 1.58 bits per heavy atom. The van der Waals surface area contributed by atoms with Crippen LogP contribution in [-0.2, 0) is 19.1 Å². The highest BCUT2D eigenvalue weighted by atomic mass is 79.9. The zero-order valence-corrected chi connectivity index (χ0v) is 16.6. The van der Waals surface area contributed by atoms with Crippen LogP contribution >= 0.6 is 0 Å². The largest absolute Gasteiger partial charge is 1.00 e. The lowest BCUT2D eigenvalue weighted by Gasteiger charge is -2.37. The molecule has 0 aromatic carbocycles. The predicted octanol–water partition coefficient (Wildman–Crippen LogP) is -2.75. The number of carbonyl (C=O) groups is 2. The second-order valence-corrected chi connectivity index (χ2v) is 6.62. The van der Waals surface area contributed by atoms with Crippen molar-refractivity contribution in [1.82, 2.24) is 0 Å². The van der Waals surface area contributed by atoms with E-state index in [4.69, 9.17) is 9.47 Å². The SMILES string of the molecule is C=C(C)C(=O)OCC[N+](CCO)(CCO)CC(=O)OC(C)(C)C.[Br-]. The van der Waals surface area contributed by atoms with Gasteiger partial charge in [0.25, 0.3) is 0 Å². The second kappa shape index (κ2) is 11.6. The summed E-state index contributed by atoms with van der Waals surface area (Å²) in [6.07, 6.45) is 0. The lowest BCUT2D eigenvalue weighted by Crippen LogP contribution is -3.00. The first-order chi connectivity index (χ1) is 10.5. The third-order valence-electron chi connectivity index (χ3n) is 3.18. The summed E-state index contributed by atoms with van der Waals surface area (Å²) in [5.41, 5.74) is -0.322. The summed E-state index contributed by atoms with van der Waals surface area (Å²) < 4.78 is 10.5. The molecule has 0 aliphatic heterocycles. The number of hydrogen-bond donors (Lipinski definition) is 2. The van der Waals surface area contributed by atoms with E-state index in [-0.39, 0.29) is 60.9 Å². The van der Waals surface area contributed by atoms with E-state index in [0.717, 1.165) is 0 Å². The molecule has 0 amide bonds. The van der Waals surface area contributed by atoms with Crippen LogP contribution in [-0.4, -0.2) is 78.2 Å². The Labute approximate surface area is 154 Å². The van der Waals surface area contributed by atoms with Crippen LogP contribution in [0.15, 0.2) is 12.2 Å². The number of nitrogens with zero attached hydrogens (tertiary/aromatic N) is 1. The van der Waals surface area contributed by atoms with E-state index >= 15 is 0 Å². The number of quaternary nitrogens is 1. The van der Waals surface area contributed by atoms with Crippen LogP contribution < -0.4 is 17.0 Å². The van der Waals surface area contributed by atoms with Gasteiger partial charge in [-0.05, 0) is 27.7 Å². The smallest absolute Gasteiger partial charge is 0.362 e. The molecular weight excluding hydrogens is 382 g/mol. The van der Waals surface area contributed by atoms with Crippen LogP contribution in [0.25, 0.3) is 0 Å². The van der Waals surface area contributed by atoms with Crippen molar-refractivity contribution >= 4 is 11.9 Å². The molecule has 2 N–H and O–H groups in total. The molecule has 0 aromatic rings. The van der Waals surface area contributed by atoms with Gasteiger partial charge in [0.1, 0.15) is 31.8 Å². The third kappa shape index (κ3) is 10.7. The lowest BCUT2D eigenvalue weighted by atomic mass is 10.2. The van der Waals surface area contributed by atoms with Gasteiger partial charge in [-0.3, -0.25) is 0 Å². The summed E-state index contributed by atoms with van der Waals surface area (Å²) in [4.78, 5) is 23.5. The monoisotopic (exact) mass is 411 g/mol. The van der Waals surface area contributed by atoms with Gasteiger partial charge in [-0.1, -0.05) is 6.58 Å². The van der Waals surface area contributed by atoms with Crippen LogP contribution in [0.5, 0.6) is 0 Å². The van der Waals surface area contributed by atoms with E-state index in [1.54, 1.807) is 27.7 Å². The van der Waals surface area contributed by atoms with Crippen molar-refractivity contribution < 1.29 is 50.7 Å². The van der Waals surface area contributed by atoms with E-state index < -0.39 is 17.5 Å². The number of aliphatic hydroxyl groups excluding tert-OH is 2. The Kier molecular flexibility index (Phi) is 12.2. The van der Waals surface area contributed by atoms with Gasteiger partial charge in [-0.2, -0.15) is 0 Å². The van der Waals surface area contributed by atoms with Gasteiger partial charge in [0.2, 0.25) is 0 Å². The molecule has 0 atom stereocenters. The Bertz CT molecular complexity index is 413. The lowest BCUT2D eigenvalue weighted by molar-refractivity contribution is -0.922. The highest BCUT2D eigenvalue weighted by Gasteiger charge is 2.32. The van der Waals surface area contributed by atoms with Crippen LogP contribution in [0, 0.1) is 0 Å². The van der Waals surface area contributed by atoms with Gasteiger partial charge >= 0.3 is 11.9 Å². The normalized spacial score (nSPS) is 11.4. The molecule has 142 valence electrons. The minimum atomic E-state index is -0.614. The fourth-order valence-electron chi connectivity index (χ4n) is 2.10. The maximum Gasteiger partial charge on any atom is 0.362 e. The van der Waals surface area contributed by atoms with Gasteiger partial charge in [-0.15, -0.1) is 0 Å². The second-order valence-electron chi connectivity index (χ2n) is 6.62. The zero-order chi connectivity index (χ0) is 18.1. The van der Waals surface area contributed by atoms with Gasteiger partial charge in [0.05, 0.1) is 13.2 Å². The predicted molar refractivity (Wildman–Crippen MR) is 85.5 cm³/mol. The fraction of sp³-hybridized carbons (Fsp3) is 0.750. The third-order valence-corrected chi connectivity index (χ3v) is 3.18. The van der Waals surface area contributed by atoms with E-state index in [9.17, 15) is 19.8 Å². The Balaban J connectivity index is 0. The minimum Gasteiger partial charge on any atom is -1.00 e. The Morgan fingerprint density at radius 3 is 1.96 bits per heavy atom. The molecule has 0 aliphatic rings. The molecule has 0 bridgehead atoms. The maximum absolute atomic E-state index is 12.1. The number of esters is 2. The molecule has 0 aromatic heterocycles. The topological polar surface area (TPSA) is 93.1 Å². The van der Waals surface area contributed by atoms with E-state index in [1.807, 2.05) is 0 Å². The molecule has 0 saturated heterocycles. The van der Waals surface area contributed by atoms with Crippen LogP contribution in [0.3, 0.4) is 0 Å². The van der Waals surface area contributed by atoms with Crippen LogP contribution in [0.2, 0.25) is 0 Å². The zero-order valence-electron chi connectivity index (χ0n) is 15.0. The molecule has 0 unspecified atom stereocenters. The standard InChI is InChI=1S/C16H30NO6.BrH/c1-13(2)15(21)22-11-8-17(6-9-18,7-10-19)12-14(20)23-16(3,4)5;/h18-19H,1,6-12H2,2-5H3;1H/q+1;/p-1. The summed E-state index contributed by atoms with van der Waals surface area (Å²) >= 11 is 0. The van der Waals surface area contributed by atoms with Crippen molar-refractivity contribution in [3.63, 3.8) is 0 Å². The van der Waals surface area contributed by atoms with Crippen molar-refractivity contribution in [2.24, 2.45) is 0 Å². The van der Waals surface area contributed by atoms with Crippen molar-refractivity contribution in [3.8, 4) is 0 Å². The van der Waals surface area contributed by atoms with Crippen molar-refractivity contribution in [2.45, 2.75) is 33.3 Å². The Morgan fingerprint density at radius 1 is 1.08 bits per heavy atom. The summed E-state index contributed by atoms with van der Waals surface area (Å²) in [5.74, 6) is -0.931. The highest BCUT2D eigenvalue weighted by molar-refractivity contribution is 5.86. The summed E-state index contributed by atoms with van der Waals surface area (Å²) in [6.45, 7) is 10.9. The summed E-state index contributed by atoms with van der Waals surface area (Å²) in [6, 6.07) is 0. The van der Waals surface area contributed by atoms with Crippen molar-refractivity contribution in [1.29, 1.82) is 0 Å². The molecule has 0 saturated carbocycles. The first kappa shape index (κ1) is 25.3. The molecule has 0 rings (SSSR count). The van der Waals surface area contributed by atoms with Gasteiger partial charge < -0.3 is 41.2 Å². The number of rotatable bonds is 10. The number of ether oxygens (including phenoxy) is 2. The van der Waals surface area contributed by atoms with Crippen molar-refractivity contribution in [2.75, 3.05) is 46.0 Å². The minimum absolute atomic E-state index is 0. The molecule has 7 nitrogen and oxygen atoms in total. The molecule has 0 aliphatic carbocycles.